The van der Waals surface area contributed by atoms with E-state index in [2.05, 4.69) is 4.98 Å². The van der Waals surface area contributed by atoms with Crippen molar-refractivity contribution in [3.63, 3.8) is 0 Å². The molecule has 0 amide bonds. The number of pyridine rings is 1. The van der Waals surface area contributed by atoms with Gasteiger partial charge in [-0.3, -0.25) is 0 Å². The van der Waals surface area contributed by atoms with E-state index in [0.717, 1.165) is 0 Å². The van der Waals surface area contributed by atoms with E-state index in [1.807, 2.05) is 0 Å². The zero-order chi connectivity index (χ0) is 11.1. The molecule has 1 heterocycles. The molecule has 0 unspecified atom stereocenters. The highest BCUT2D eigenvalue weighted by Gasteiger charge is 2.01. The normalized spacial score (nSPS) is 10.2. The fourth-order valence-corrected chi connectivity index (χ4v) is 0.971. The van der Waals surface area contributed by atoms with Gasteiger partial charge in [0.25, 0.3) is 0 Å². The average Bonchev–Trinajstić information content (AvgIpc) is 2.20. The number of ether oxygens (including phenoxy) is 2. The highest BCUT2D eigenvalue weighted by molar-refractivity contribution is 5.55. The first-order chi connectivity index (χ1) is 7.24. The largest absolute Gasteiger partial charge is 0.474 e. The van der Waals surface area contributed by atoms with Crippen LogP contribution in [0.1, 0.15) is 0 Å². The molecule has 84 valence electrons. The molecule has 0 aliphatic rings. The van der Waals surface area contributed by atoms with Crippen molar-refractivity contribution in [1.82, 2.24) is 4.98 Å². The molecule has 6 nitrogen and oxygen atoms in total. The topological polar surface area (TPSA) is 104 Å². The lowest BCUT2D eigenvalue weighted by molar-refractivity contribution is 0.0697. The highest BCUT2D eigenvalue weighted by Crippen LogP contribution is 2.19. The summed E-state index contributed by atoms with van der Waals surface area (Å²) in [6.07, 6.45) is 1.47. The van der Waals surface area contributed by atoms with Crippen LogP contribution < -0.4 is 16.2 Å². The first-order valence-corrected chi connectivity index (χ1v) is 4.56. The maximum Gasteiger partial charge on any atom is 0.237 e. The Balaban J connectivity index is 2.31. The number of anilines is 2. The van der Waals surface area contributed by atoms with E-state index in [1.165, 1.54) is 6.20 Å². The summed E-state index contributed by atoms with van der Waals surface area (Å²) in [5.74, 6) is 0.344. The predicted molar refractivity (Wildman–Crippen MR) is 56.5 cm³/mol. The number of aliphatic hydroxyl groups is 1. The van der Waals surface area contributed by atoms with E-state index >= 15 is 0 Å². The molecule has 0 bridgehead atoms. The minimum atomic E-state index is 0.00224. The van der Waals surface area contributed by atoms with E-state index < -0.39 is 0 Å². The second kappa shape index (κ2) is 6.05. The standard InChI is InChI=1S/C9H15N3O3/c10-7-5-8(11)9(12-6-7)15-4-3-14-2-1-13/h5-6,13H,1-4,10-11H2. The van der Waals surface area contributed by atoms with Crippen molar-refractivity contribution in [3.8, 4) is 5.88 Å². The van der Waals surface area contributed by atoms with Gasteiger partial charge < -0.3 is 26.0 Å². The predicted octanol–water partition coefficient (Wildman–Crippen LogP) is -0.366. The van der Waals surface area contributed by atoms with E-state index in [4.69, 9.17) is 26.0 Å². The second-order valence-electron chi connectivity index (χ2n) is 2.85. The number of nitrogens with two attached hydrogens (primary N) is 2. The molecule has 1 aromatic rings. The lowest BCUT2D eigenvalue weighted by Crippen LogP contribution is -2.10. The zero-order valence-corrected chi connectivity index (χ0v) is 8.35. The Hall–Kier alpha value is -1.53. The van der Waals surface area contributed by atoms with Gasteiger partial charge in [0, 0.05) is 0 Å². The Morgan fingerprint density at radius 2 is 2.07 bits per heavy atom. The smallest absolute Gasteiger partial charge is 0.237 e. The monoisotopic (exact) mass is 213 g/mol. The van der Waals surface area contributed by atoms with Crippen LogP contribution in [0.25, 0.3) is 0 Å². The first kappa shape index (κ1) is 11.5. The molecule has 0 spiro atoms. The molecule has 0 aliphatic carbocycles. The van der Waals surface area contributed by atoms with Gasteiger partial charge in [-0.05, 0) is 6.07 Å². The van der Waals surface area contributed by atoms with Crippen LogP contribution in [0.4, 0.5) is 11.4 Å². The molecule has 0 saturated heterocycles. The van der Waals surface area contributed by atoms with Gasteiger partial charge in [-0.15, -0.1) is 0 Å². The number of rotatable bonds is 6. The van der Waals surface area contributed by atoms with Gasteiger partial charge in [0.05, 0.1) is 37.4 Å². The SMILES string of the molecule is Nc1cnc(OCCOCCO)c(N)c1. The number of aliphatic hydroxyl groups excluding tert-OH is 1. The molecule has 0 atom stereocenters. The number of nitrogens with zero attached hydrogens (tertiary/aromatic N) is 1. The number of hydrogen-bond acceptors (Lipinski definition) is 6. The summed E-state index contributed by atoms with van der Waals surface area (Å²) in [6, 6.07) is 1.58. The summed E-state index contributed by atoms with van der Waals surface area (Å²) in [6.45, 7) is 1.02. The van der Waals surface area contributed by atoms with Gasteiger partial charge in [0.15, 0.2) is 0 Å². The zero-order valence-electron chi connectivity index (χ0n) is 8.35. The summed E-state index contributed by atoms with van der Waals surface area (Å²) in [4.78, 5) is 3.92. The minimum Gasteiger partial charge on any atom is -0.474 e. The molecule has 1 aromatic heterocycles. The highest BCUT2D eigenvalue weighted by atomic mass is 16.5. The average molecular weight is 213 g/mol. The van der Waals surface area contributed by atoms with E-state index in [9.17, 15) is 0 Å². The van der Waals surface area contributed by atoms with E-state index in [1.54, 1.807) is 6.07 Å². The lowest BCUT2D eigenvalue weighted by atomic mass is 10.4. The third-order valence-corrected chi connectivity index (χ3v) is 1.60. The van der Waals surface area contributed by atoms with Gasteiger partial charge in [-0.2, -0.15) is 0 Å². The van der Waals surface area contributed by atoms with Gasteiger partial charge >= 0.3 is 0 Å². The van der Waals surface area contributed by atoms with Crippen molar-refractivity contribution in [2.24, 2.45) is 0 Å². The fraction of sp³-hybridized carbons (Fsp3) is 0.444. The minimum absolute atomic E-state index is 0.00224. The molecule has 1 rings (SSSR count). The van der Waals surface area contributed by atoms with Crippen molar-refractivity contribution in [2.75, 3.05) is 37.9 Å². The molecule has 6 heteroatoms. The molecule has 0 fully saturated rings. The van der Waals surface area contributed by atoms with E-state index in [0.29, 0.717) is 37.1 Å². The summed E-state index contributed by atoms with van der Waals surface area (Å²) in [5, 5.41) is 8.45. The maximum atomic E-state index is 8.45. The summed E-state index contributed by atoms with van der Waals surface area (Å²) >= 11 is 0. The lowest BCUT2D eigenvalue weighted by Gasteiger charge is -2.07. The van der Waals surface area contributed by atoms with Gasteiger partial charge in [0.1, 0.15) is 6.61 Å². The second-order valence-corrected chi connectivity index (χ2v) is 2.85. The van der Waals surface area contributed by atoms with Crippen LogP contribution >= 0.6 is 0 Å². The van der Waals surface area contributed by atoms with Crippen molar-refractivity contribution in [3.05, 3.63) is 12.3 Å². The van der Waals surface area contributed by atoms with E-state index in [-0.39, 0.29) is 6.61 Å². The first-order valence-electron chi connectivity index (χ1n) is 4.56. The molecule has 5 N–H and O–H groups in total. The Bertz CT molecular complexity index is 307. The van der Waals surface area contributed by atoms with Crippen LogP contribution in [-0.4, -0.2) is 36.5 Å². The molecule has 0 aromatic carbocycles. The van der Waals surface area contributed by atoms with Crippen LogP contribution in [-0.2, 0) is 4.74 Å². The molecule has 0 saturated carbocycles. The fourth-order valence-electron chi connectivity index (χ4n) is 0.971. The Morgan fingerprint density at radius 1 is 1.27 bits per heavy atom. The van der Waals surface area contributed by atoms with Crippen molar-refractivity contribution >= 4 is 11.4 Å². The van der Waals surface area contributed by atoms with Crippen molar-refractivity contribution < 1.29 is 14.6 Å². The molecule has 0 aliphatic heterocycles. The quantitative estimate of drug-likeness (QED) is 0.557. The van der Waals surface area contributed by atoms with Crippen LogP contribution in [0.5, 0.6) is 5.88 Å². The summed E-state index contributed by atoms with van der Waals surface area (Å²) in [5.41, 5.74) is 12.0. The van der Waals surface area contributed by atoms with Gasteiger partial charge in [0.2, 0.25) is 5.88 Å². The molecule has 15 heavy (non-hydrogen) atoms. The van der Waals surface area contributed by atoms with Gasteiger partial charge in [-0.1, -0.05) is 0 Å². The Morgan fingerprint density at radius 3 is 2.73 bits per heavy atom. The molecule has 0 radical (unpaired) electrons. The number of aromatic nitrogens is 1. The van der Waals surface area contributed by atoms with Crippen molar-refractivity contribution in [2.45, 2.75) is 0 Å². The van der Waals surface area contributed by atoms with Crippen molar-refractivity contribution in [1.29, 1.82) is 0 Å². The molecular formula is C9H15N3O3. The Labute approximate surface area is 87.8 Å². The van der Waals surface area contributed by atoms with Crippen LogP contribution in [0.3, 0.4) is 0 Å². The Kier molecular flexibility index (Phi) is 4.65. The third-order valence-electron chi connectivity index (χ3n) is 1.60. The van der Waals surface area contributed by atoms with Crippen LogP contribution in [0.2, 0.25) is 0 Å². The summed E-state index contributed by atoms with van der Waals surface area (Å²) in [7, 11) is 0. The number of hydrogen-bond donors (Lipinski definition) is 3. The molecular weight excluding hydrogens is 198 g/mol. The summed E-state index contributed by atoms with van der Waals surface area (Å²) < 4.78 is 10.2. The van der Waals surface area contributed by atoms with Crippen LogP contribution in [0.15, 0.2) is 12.3 Å². The van der Waals surface area contributed by atoms with Gasteiger partial charge in [-0.25, -0.2) is 4.98 Å². The maximum absolute atomic E-state index is 8.45. The number of nitrogen functional groups attached to an aromatic ring is 2. The van der Waals surface area contributed by atoms with Crippen LogP contribution in [0, 0.1) is 0 Å². The third kappa shape index (κ3) is 4.01.